The monoisotopic (exact) mass is 217 g/mol. The Morgan fingerprint density at radius 1 is 1.25 bits per heavy atom. The average molecular weight is 217 g/mol. The number of hydrogen-bond acceptors (Lipinski definition) is 2. The minimum atomic E-state index is 0.599. The Hall–Kier alpha value is -1.12. The normalized spacial score (nSPS) is 18.1. The van der Waals surface area contributed by atoms with Gasteiger partial charge in [0, 0.05) is 19.8 Å². The fourth-order valence-electron chi connectivity index (χ4n) is 2.24. The van der Waals surface area contributed by atoms with Crippen LogP contribution in [0.25, 0.3) is 6.08 Å². The van der Waals surface area contributed by atoms with Crippen LogP contribution in [0.1, 0.15) is 29.9 Å². The first-order chi connectivity index (χ1) is 7.92. The van der Waals surface area contributed by atoms with Gasteiger partial charge in [-0.1, -0.05) is 36.4 Å². The topological polar surface area (TPSA) is 35.2 Å². The minimum Gasteiger partial charge on any atom is -0.381 e. The van der Waals surface area contributed by atoms with Crippen LogP contribution in [0.4, 0.5) is 0 Å². The van der Waals surface area contributed by atoms with Gasteiger partial charge in [0.15, 0.2) is 0 Å². The van der Waals surface area contributed by atoms with E-state index in [1.807, 2.05) is 6.08 Å². The van der Waals surface area contributed by atoms with Gasteiger partial charge in [-0.15, -0.1) is 0 Å². The predicted molar refractivity (Wildman–Crippen MR) is 67.3 cm³/mol. The first-order valence-corrected chi connectivity index (χ1v) is 5.95. The second kappa shape index (κ2) is 5.83. The summed E-state index contributed by atoms with van der Waals surface area (Å²) in [6.07, 6.45) is 6.41. The van der Waals surface area contributed by atoms with Gasteiger partial charge in [0.25, 0.3) is 0 Å². The molecule has 1 aromatic rings. The molecule has 1 fully saturated rings. The van der Waals surface area contributed by atoms with Gasteiger partial charge in [0.05, 0.1) is 0 Å². The van der Waals surface area contributed by atoms with Crippen LogP contribution in [0.5, 0.6) is 0 Å². The van der Waals surface area contributed by atoms with E-state index < -0.39 is 0 Å². The molecule has 1 aliphatic heterocycles. The Kier molecular flexibility index (Phi) is 4.14. The molecule has 0 amide bonds. The summed E-state index contributed by atoms with van der Waals surface area (Å²) in [5.41, 5.74) is 8.24. The molecule has 2 rings (SSSR count). The lowest BCUT2D eigenvalue weighted by Gasteiger charge is -2.23. The Bertz CT molecular complexity index is 354. The van der Waals surface area contributed by atoms with Gasteiger partial charge in [-0.25, -0.2) is 0 Å². The van der Waals surface area contributed by atoms with Gasteiger partial charge in [0.1, 0.15) is 0 Å². The lowest BCUT2D eigenvalue weighted by atomic mass is 9.88. The standard InChI is InChI=1S/C14H19NO/c15-9-3-5-12-4-1-2-6-14(12)13-7-10-16-11-8-13/h1-6,13H,7-11,15H2/b5-3+. The highest BCUT2D eigenvalue weighted by atomic mass is 16.5. The summed E-state index contributed by atoms with van der Waals surface area (Å²) >= 11 is 0. The molecular weight excluding hydrogens is 198 g/mol. The summed E-state index contributed by atoms with van der Waals surface area (Å²) in [4.78, 5) is 0. The second-order valence-corrected chi connectivity index (χ2v) is 4.15. The SMILES string of the molecule is NC/C=C/c1ccccc1C1CCOCC1. The van der Waals surface area contributed by atoms with Gasteiger partial charge < -0.3 is 10.5 Å². The summed E-state index contributed by atoms with van der Waals surface area (Å²) in [5.74, 6) is 0.646. The van der Waals surface area contributed by atoms with E-state index in [0.717, 1.165) is 26.1 Å². The molecule has 2 heteroatoms. The van der Waals surface area contributed by atoms with Crippen LogP contribution in [0.3, 0.4) is 0 Å². The smallest absolute Gasteiger partial charge is 0.0471 e. The third-order valence-electron chi connectivity index (χ3n) is 3.09. The third kappa shape index (κ3) is 2.71. The largest absolute Gasteiger partial charge is 0.381 e. The van der Waals surface area contributed by atoms with E-state index in [0.29, 0.717) is 12.5 Å². The zero-order chi connectivity index (χ0) is 11.2. The van der Waals surface area contributed by atoms with Gasteiger partial charge in [-0.3, -0.25) is 0 Å². The molecule has 1 heterocycles. The maximum atomic E-state index is 5.50. The molecule has 0 aromatic heterocycles. The van der Waals surface area contributed by atoms with Crippen LogP contribution < -0.4 is 5.73 Å². The van der Waals surface area contributed by atoms with E-state index >= 15 is 0 Å². The fraction of sp³-hybridized carbons (Fsp3) is 0.429. The molecule has 0 radical (unpaired) electrons. The molecule has 0 atom stereocenters. The molecule has 2 N–H and O–H groups in total. The number of ether oxygens (including phenoxy) is 1. The summed E-state index contributed by atoms with van der Waals surface area (Å²) in [5, 5.41) is 0. The fourth-order valence-corrected chi connectivity index (χ4v) is 2.24. The minimum absolute atomic E-state index is 0.599. The molecule has 1 saturated heterocycles. The molecule has 0 bridgehead atoms. The highest BCUT2D eigenvalue weighted by molar-refractivity contribution is 5.55. The van der Waals surface area contributed by atoms with E-state index in [1.165, 1.54) is 11.1 Å². The molecule has 0 spiro atoms. The maximum absolute atomic E-state index is 5.50. The highest BCUT2D eigenvalue weighted by Gasteiger charge is 2.17. The molecule has 1 aliphatic rings. The number of hydrogen-bond donors (Lipinski definition) is 1. The summed E-state index contributed by atoms with van der Waals surface area (Å²) < 4.78 is 5.40. The summed E-state index contributed by atoms with van der Waals surface area (Å²) in [6, 6.07) is 8.59. The van der Waals surface area contributed by atoms with Crippen molar-refractivity contribution in [3.63, 3.8) is 0 Å². The van der Waals surface area contributed by atoms with Crippen LogP contribution in [0.2, 0.25) is 0 Å². The Labute approximate surface area is 97.1 Å². The highest BCUT2D eigenvalue weighted by Crippen LogP contribution is 2.29. The second-order valence-electron chi connectivity index (χ2n) is 4.15. The van der Waals surface area contributed by atoms with Crippen molar-refractivity contribution >= 4 is 6.08 Å². The average Bonchev–Trinajstić information content (AvgIpc) is 2.38. The molecule has 1 aromatic carbocycles. The Morgan fingerprint density at radius 2 is 2.00 bits per heavy atom. The van der Waals surface area contributed by atoms with E-state index in [4.69, 9.17) is 10.5 Å². The maximum Gasteiger partial charge on any atom is 0.0471 e. The zero-order valence-corrected chi connectivity index (χ0v) is 9.56. The zero-order valence-electron chi connectivity index (χ0n) is 9.56. The van der Waals surface area contributed by atoms with E-state index in [-0.39, 0.29) is 0 Å². The van der Waals surface area contributed by atoms with Crippen molar-refractivity contribution in [1.82, 2.24) is 0 Å². The van der Waals surface area contributed by atoms with Crippen LogP contribution in [0.15, 0.2) is 30.3 Å². The van der Waals surface area contributed by atoms with Crippen LogP contribution in [-0.4, -0.2) is 19.8 Å². The quantitative estimate of drug-likeness (QED) is 0.844. The van der Waals surface area contributed by atoms with Crippen molar-refractivity contribution in [2.45, 2.75) is 18.8 Å². The molecule has 2 nitrogen and oxygen atoms in total. The number of nitrogens with two attached hydrogens (primary N) is 1. The van der Waals surface area contributed by atoms with E-state index in [9.17, 15) is 0 Å². The van der Waals surface area contributed by atoms with Crippen molar-refractivity contribution < 1.29 is 4.74 Å². The van der Waals surface area contributed by atoms with Crippen LogP contribution >= 0.6 is 0 Å². The molecule has 16 heavy (non-hydrogen) atoms. The number of rotatable bonds is 3. The van der Waals surface area contributed by atoms with E-state index in [2.05, 4.69) is 30.3 Å². The van der Waals surface area contributed by atoms with Crippen molar-refractivity contribution in [3.05, 3.63) is 41.5 Å². The van der Waals surface area contributed by atoms with Crippen molar-refractivity contribution in [3.8, 4) is 0 Å². The molecular formula is C14H19NO. The first kappa shape index (κ1) is 11.4. The van der Waals surface area contributed by atoms with Gasteiger partial charge >= 0.3 is 0 Å². The lowest BCUT2D eigenvalue weighted by molar-refractivity contribution is 0.0853. The van der Waals surface area contributed by atoms with Crippen LogP contribution in [-0.2, 0) is 4.74 Å². The van der Waals surface area contributed by atoms with Gasteiger partial charge in [-0.05, 0) is 29.9 Å². The Balaban J connectivity index is 2.20. The molecule has 0 aliphatic carbocycles. The van der Waals surface area contributed by atoms with Crippen molar-refractivity contribution in [2.24, 2.45) is 5.73 Å². The Morgan fingerprint density at radius 3 is 2.75 bits per heavy atom. The van der Waals surface area contributed by atoms with Crippen molar-refractivity contribution in [2.75, 3.05) is 19.8 Å². The lowest BCUT2D eigenvalue weighted by Crippen LogP contribution is -2.14. The molecule has 86 valence electrons. The summed E-state index contributed by atoms with van der Waals surface area (Å²) in [6.45, 7) is 2.38. The number of benzene rings is 1. The first-order valence-electron chi connectivity index (χ1n) is 5.95. The summed E-state index contributed by atoms with van der Waals surface area (Å²) in [7, 11) is 0. The van der Waals surface area contributed by atoms with E-state index in [1.54, 1.807) is 0 Å². The van der Waals surface area contributed by atoms with Gasteiger partial charge in [0.2, 0.25) is 0 Å². The third-order valence-corrected chi connectivity index (χ3v) is 3.09. The van der Waals surface area contributed by atoms with Crippen molar-refractivity contribution in [1.29, 1.82) is 0 Å². The molecule has 0 unspecified atom stereocenters. The van der Waals surface area contributed by atoms with Gasteiger partial charge in [-0.2, -0.15) is 0 Å². The molecule has 0 saturated carbocycles. The predicted octanol–water partition coefficient (Wildman–Crippen LogP) is 2.55. The van der Waals surface area contributed by atoms with Crippen LogP contribution in [0, 0.1) is 0 Å².